The van der Waals surface area contributed by atoms with Gasteiger partial charge in [-0.25, -0.2) is 9.45 Å². The first-order valence-electron chi connectivity index (χ1n) is 4.61. The van der Waals surface area contributed by atoms with Crippen LogP contribution in [-0.4, -0.2) is 23.6 Å². The number of hydrogen-bond donors (Lipinski definition) is 1. The van der Waals surface area contributed by atoms with Crippen LogP contribution in [0.15, 0.2) is 24.3 Å². The molecule has 0 radical (unpaired) electrons. The largest absolute Gasteiger partial charge is 0.318 e. The Kier molecular flexibility index (Phi) is 2.66. The Morgan fingerprint density at radius 3 is 2.67 bits per heavy atom. The second kappa shape index (κ2) is 3.96. The standard InChI is InChI=1S/C10H11FN2O2/c11-8-3-1-7(2-4-8)5-13-10(14)9(12)6-15-13/h1-4,9H,5-6,12H2. The highest BCUT2D eigenvalue weighted by Gasteiger charge is 2.29. The summed E-state index contributed by atoms with van der Waals surface area (Å²) in [5, 5.41) is 1.21. The normalized spacial score (nSPS) is 21.1. The molecule has 1 heterocycles. The molecule has 0 saturated carbocycles. The third-order valence-electron chi connectivity index (χ3n) is 2.21. The number of rotatable bonds is 2. The highest BCUT2D eigenvalue weighted by atomic mass is 19.1. The second-order valence-electron chi connectivity index (χ2n) is 3.40. The molecular weight excluding hydrogens is 199 g/mol. The fourth-order valence-electron chi connectivity index (χ4n) is 1.37. The van der Waals surface area contributed by atoms with Gasteiger partial charge in [-0.15, -0.1) is 0 Å². The molecule has 0 aliphatic carbocycles. The Balaban J connectivity index is 2.03. The molecule has 80 valence electrons. The lowest BCUT2D eigenvalue weighted by atomic mass is 10.2. The van der Waals surface area contributed by atoms with E-state index in [0.717, 1.165) is 5.56 Å². The van der Waals surface area contributed by atoms with Gasteiger partial charge in [0.05, 0.1) is 13.2 Å². The molecule has 15 heavy (non-hydrogen) atoms. The van der Waals surface area contributed by atoms with Crippen LogP contribution < -0.4 is 5.73 Å². The van der Waals surface area contributed by atoms with Crippen LogP contribution in [0.25, 0.3) is 0 Å². The highest BCUT2D eigenvalue weighted by molar-refractivity contribution is 5.82. The zero-order chi connectivity index (χ0) is 10.8. The number of nitrogens with zero attached hydrogens (tertiary/aromatic N) is 1. The predicted octanol–water partition coefficient (Wildman–Crippen LogP) is 0.427. The Morgan fingerprint density at radius 1 is 1.47 bits per heavy atom. The summed E-state index contributed by atoms with van der Waals surface area (Å²) >= 11 is 0. The number of carbonyl (C=O) groups is 1. The maximum Gasteiger partial charge on any atom is 0.265 e. The molecule has 1 aromatic rings. The number of amides is 1. The maximum atomic E-state index is 12.6. The van der Waals surface area contributed by atoms with Gasteiger partial charge in [0.25, 0.3) is 5.91 Å². The van der Waals surface area contributed by atoms with Gasteiger partial charge >= 0.3 is 0 Å². The smallest absolute Gasteiger partial charge is 0.265 e. The van der Waals surface area contributed by atoms with Gasteiger partial charge in [0.2, 0.25) is 0 Å². The monoisotopic (exact) mass is 210 g/mol. The van der Waals surface area contributed by atoms with E-state index in [4.69, 9.17) is 10.6 Å². The minimum atomic E-state index is -0.578. The molecule has 1 aromatic carbocycles. The van der Waals surface area contributed by atoms with Gasteiger partial charge in [0, 0.05) is 0 Å². The van der Waals surface area contributed by atoms with E-state index in [1.54, 1.807) is 12.1 Å². The summed E-state index contributed by atoms with van der Waals surface area (Å²) in [5.41, 5.74) is 6.27. The lowest BCUT2D eigenvalue weighted by Gasteiger charge is -2.13. The quantitative estimate of drug-likeness (QED) is 0.770. The van der Waals surface area contributed by atoms with E-state index >= 15 is 0 Å². The van der Waals surface area contributed by atoms with Gasteiger partial charge in [-0.2, -0.15) is 0 Å². The molecule has 1 atom stereocenters. The highest BCUT2D eigenvalue weighted by Crippen LogP contribution is 2.12. The topological polar surface area (TPSA) is 55.6 Å². The van der Waals surface area contributed by atoms with Crippen LogP contribution in [0.2, 0.25) is 0 Å². The van der Waals surface area contributed by atoms with Crippen molar-refractivity contribution in [1.82, 2.24) is 5.06 Å². The first-order valence-corrected chi connectivity index (χ1v) is 4.61. The first kappa shape index (κ1) is 10.1. The van der Waals surface area contributed by atoms with Gasteiger partial charge in [0.1, 0.15) is 11.9 Å². The Bertz CT molecular complexity index is 366. The minimum absolute atomic E-state index is 0.208. The predicted molar refractivity (Wildman–Crippen MR) is 50.9 cm³/mol. The fourth-order valence-corrected chi connectivity index (χ4v) is 1.37. The van der Waals surface area contributed by atoms with Crippen LogP contribution in [0.3, 0.4) is 0 Å². The zero-order valence-electron chi connectivity index (χ0n) is 8.02. The molecule has 1 amide bonds. The average Bonchev–Trinajstić information content (AvgIpc) is 2.53. The molecule has 0 bridgehead atoms. The van der Waals surface area contributed by atoms with Gasteiger partial charge < -0.3 is 5.73 Å². The van der Waals surface area contributed by atoms with Crippen LogP contribution in [0.5, 0.6) is 0 Å². The summed E-state index contributed by atoms with van der Waals surface area (Å²) in [6.07, 6.45) is 0. The summed E-state index contributed by atoms with van der Waals surface area (Å²) in [7, 11) is 0. The number of benzene rings is 1. The molecule has 1 fully saturated rings. The van der Waals surface area contributed by atoms with Crippen molar-refractivity contribution in [3.63, 3.8) is 0 Å². The van der Waals surface area contributed by atoms with Crippen molar-refractivity contribution in [2.45, 2.75) is 12.6 Å². The SMILES string of the molecule is NC1CON(Cc2ccc(F)cc2)C1=O. The van der Waals surface area contributed by atoms with Crippen molar-refractivity contribution in [3.05, 3.63) is 35.6 Å². The Hall–Kier alpha value is -1.46. The van der Waals surface area contributed by atoms with E-state index in [0.29, 0.717) is 6.54 Å². The summed E-state index contributed by atoms with van der Waals surface area (Å²) in [6, 6.07) is 5.32. The van der Waals surface area contributed by atoms with E-state index in [9.17, 15) is 9.18 Å². The summed E-state index contributed by atoms with van der Waals surface area (Å²) in [5.74, 6) is -0.538. The number of hydrogen-bond acceptors (Lipinski definition) is 3. The molecule has 0 aromatic heterocycles. The molecule has 2 rings (SSSR count). The molecule has 5 heteroatoms. The van der Waals surface area contributed by atoms with Crippen LogP contribution in [0.1, 0.15) is 5.56 Å². The average molecular weight is 210 g/mol. The molecule has 1 aliphatic heterocycles. The summed E-state index contributed by atoms with van der Waals surface area (Å²) in [4.78, 5) is 16.5. The lowest BCUT2D eigenvalue weighted by Crippen LogP contribution is -2.34. The Labute approximate surface area is 86.4 Å². The van der Waals surface area contributed by atoms with Crippen molar-refractivity contribution in [3.8, 4) is 0 Å². The van der Waals surface area contributed by atoms with Crippen molar-refractivity contribution in [2.24, 2.45) is 5.73 Å². The van der Waals surface area contributed by atoms with Gasteiger partial charge in [-0.05, 0) is 17.7 Å². The van der Waals surface area contributed by atoms with Crippen molar-refractivity contribution in [1.29, 1.82) is 0 Å². The van der Waals surface area contributed by atoms with Crippen LogP contribution in [0, 0.1) is 5.82 Å². The van der Waals surface area contributed by atoms with Crippen LogP contribution in [-0.2, 0) is 16.2 Å². The van der Waals surface area contributed by atoms with E-state index in [-0.39, 0.29) is 18.3 Å². The molecule has 1 aliphatic rings. The third-order valence-corrected chi connectivity index (χ3v) is 2.21. The second-order valence-corrected chi connectivity index (χ2v) is 3.40. The molecule has 1 unspecified atom stereocenters. The van der Waals surface area contributed by atoms with Crippen LogP contribution >= 0.6 is 0 Å². The van der Waals surface area contributed by atoms with E-state index < -0.39 is 6.04 Å². The Morgan fingerprint density at radius 2 is 2.13 bits per heavy atom. The molecule has 4 nitrogen and oxygen atoms in total. The van der Waals surface area contributed by atoms with Crippen molar-refractivity contribution in [2.75, 3.05) is 6.61 Å². The summed E-state index contributed by atoms with van der Waals surface area (Å²) < 4.78 is 12.6. The maximum absolute atomic E-state index is 12.6. The number of hydroxylamine groups is 2. The summed E-state index contributed by atoms with van der Waals surface area (Å²) in [6.45, 7) is 0.507. The third kappa shape index (κ3) is 2.14. The molecule has 2 N–H and O–H groups in total. The first-order chi connectivity index (χ1) is 7.16. The van der Waals surface area contributed by atoms with Gasteiger partial charge in [0.15, 0.2) is 0 Å². The van der Waals surface area contributed by atoms with E-state index in [2.05, 4.69) is 0 Å². The number of nitrogens with two attached hydrogens (primary N) is 1. The van der Waals surface area contributed by atoms with Crippen LogP contribution in [0.4, 0.5) is 4.39 Å². The van der Waals surface area contributed by atoms with E-state index in [1.165, 1.54) is 17.2 Å². The fraction of sp³-hybridized carbons (Fsp3) is 0.300. The van der Waals surface area contributed by atoms with Crippen molar-refractivity contribution >= 4 is 5.91 Å². The molecule has 1 saturated heterocycles. The molecule has 0 spiro atoms. The van der Waals surface area contributed by atoms with Gasteiger partial charge in [-0.1, -0.05) is 12.1 Å². The van der Waals surface area contributed by atoms with Crippen molar-refractivity contribution < 1.29 is 14.0 Å². The number of carbonyl (C=O) groups excluding carboxylic acids is 1. The zero-order valence-corrected chi connectivity index (χ0v) is 8.02. The number of halogens is 1. The minimum Gasteiger partial charge on any atom is -0.318 e. The van der Waals surface area contributed by atoms with Gasteiger partial charge in [-0.3, -0.25) is 9.63 Å². The molecular formula is C10H11FN2O2. The van der Waals surface area contributed by atoms with E-state index in [1.807, 2.05) is 0 Å². The lowest BCUT2D eigenvalue weighted by molar-refractivity contribution is -0.164.